The number of amides is 1. The predicted molar refractivity (Wildman–Crippen MR) is 103 cm³/mol. The second kappa shape index (κ2) is 6.65. The van der Waals surface area contributed by atoms with Crippen molar-refractivity contribution in [2.24, 2.45) is 0 Å². The van der Waals surface area contributed by atoms with E-state index < -0.39 is 24.2 Å². The molecule has 156 valence electrons. The fourth-order valence-corrected chi connectivity index (χ4v) is 4.35. The number of nitrogens with zero attached hydrogens (tertiary/aromatic N) is 3. The number of hydrogen-bond acceptors (Lipinski definition) is 4. The number of furan rings is 1. The minimum absolute atomic E-state index is 0.0182. The number of benzene rings is 1. The van der Waals surface area contributed by atoms with Crippen molar-refractivity contribution in [2.75, 3.05) is 10.2 Å². The van der Waals surface area contributed by atoms with Gasteiger partial charge in [0, 0.05) is 24.2 Å². The fraction of sp³-hybridized carbons (Fsp3) is 0.333. The number of rotatable bonds is 2. The van der Waals surface area contributed by atoms with Crippen molar-refractivity contribution in [3.63, 3.8) is 0 Å². The number of carbonyl (C=O) groups is 1. The number of aromatic nitrogens is 2. The number of carbonyl (C=O) groups excluding carboxylic acids is 1. The van der Waals surface area contributed by atoms with Gasteiger partial charge in [0.15, 0.2) is 11.7 Å². The largest absolute Gasteiger partial charge is 0.467 e. The molecule has 5 rings (SSSR count). The lowest BCUT2D eigenvalue weighted by Crippen LogP contribution is -2.37. The van der Waals surface area contributed by atoms with E-state index in [2.05, 4.69) is 10.4 Å². The number of alkyl halides is 3. The average Bonchev–Trinajstić information content (AvgIpc) is 3.43. The van der Waals surface area contributed by atoms with E-state index in [0.29, 0.717) is 12.2 Å². The summed E-state index contributed by atoms with van der Waals surface area (Å²) in [5, 5.41) is 7.11. The average molecular weight is 416 g/mol. The Morgan fingerprint density at radius 1 is 1.23 bits per heavy atom. The molecule has 2 aliphatic rings. The van der Waals surface area contributed by atoms with E-state index in [0.717, 1.165) is 15.9 Å². The standard InChI is InChI=1S/C21H19F3N4O2/c1-12-9-13-5-2-3-6-16(13)27(12)20(29)15-11-19-25-14(17-7-4-8-30-17)10-18(21(22,23)24)28(19)26-15/h2-8,11-12,14,18,25H,9-10H2,1H3/t12-,14+,18-/m0/s1. The maximum absolute atomic E-state index is 13.8. The Balaban J connectivity index is 1.52. The van der Waals surface area contributed by atoms with Crippen LogP contribution in [-0.4, -0.2) is 27.9 Å². The molecule has 0 fully saturated rings. The lowest BCUT2D eigenvalue weighted by atomic mass is 10.0. The first-order valence-electron chi connectivity index (χ1n) is 9.70. The molecule has 0 unspecified atom stereocenters. The highest BCUT2D eigenvalue weighted by Gasteiger charge is 2.47. The van der Waals surface area contributed by atoms with Gasteiger partial charge in [-0.05, 0) is 37.1 Å². The van der Waals surface area contributed by atoms with Crippen molar-refractivity contribution in [1.82, 2.24) is 9.78 Å². The monoisotopic (exact) mass is 416 g/mol. The summed E-state index contributed by atoms with van der Waals surface area (Å²) in [6, 6.07) is 9.58. The molecule has 0 bridgehead atoms. The molecule has 1 N–H and O–H groups in total. The van der Waals surface area contributed by atoms with Gasteiger partial charge in [0.2, 0.25) is 0 Å². The van der Waals surface area contributed by atoms with Crippen molar-refractivity contribution in [1.29, 1.82) is 0 Å². The molecule has 0 saturated carbocycles. The normalized spacial score (nSPS) is 23.1. The van der Waals surface area contributed by atoms with Gasteiger partial charge >= 0.3 is 6.18 Å². The van der Waals surface area contributed by atoms with Gasteiger partial charge in [0.05, 0.1) is 12.3 Å². The van der Waals surface area contributed by atoms with Crippen LogP contribution in [-0.2, 0) is 6.42 Å². The maximum Gasteiger partial charge on any atom is 0.410 e. The molecule has 2 aromatic heterocycles. The highest BCUT2D eigenvalue weighted by Crippen LogP contribution is 2.44. The molecule has 4 heterocycles. The summed E-state index contributed by atoms with van der Waals surface area (Å²) in [5.41, 5.74) is 1.79. The van der Waals surface area contributed by atoms with Crippen molar-refractivity contribution in [2.45, 2.75) is 44.1 Å². The van der Waals surface area contributed by atoms with E-state index in [-0.39, 0.29) is 24.0 Å². The molecule has 1 amide bonds. The quantitative estimate of drug-likeness (QED) is 0.656. The number of halogens is 3. The van der Waals surface area contributed by atoms with Gasteiger partial charge in [-0.25, -0.2) is 4.68 Å². The van der Waals surface area contributed by atoms with Crippen LogP contribution in [0.2, 0.25) is 0 Å². The number of para-hydroxylation sites is 1. The third kappa shape index (κ3) is 2.96. The zero-order chi connectivity index (χ0) is 21.0. The van der Waals surface area contributed by atoms with Gasteiger partial charge in [-0.1, -0.05) is 18.2 Å². The summed E-state index contributed by atoms with van der Waals surface area (Å²) >= 11 is 0. The van der Waals surface area contributed by atoms with E-state index >= 15 is 0 Å². The second-order valence-electron chi connectivity index (χ2n) is 7.72. The van der Waals surface area contributed by atoms with Crippen molar-refractivity contribution in [3.05, 3.63) is 65.7 Å². The van der Waals surface area contributed by atoms with Crippen LogP contribution in [0.1, 0.15) is 47.2 Å². The minimum atomic E-state index is -4.51. The minimum Gasteiger partial charge on any atom is -0.467 e. The summed E-state index contributed by atoms with van der Waals surface area (Å²) in [4.78, 5) is 14.8. The number of hydrogen-bond donors (Lipinski definition) is 1. The molecule has 3 atom stereocenters. The van der Waals surface area contributed by atoms with Gasteiger partial charge in [-0.2, -0.15) is 18.3 Å². The van der Waals surface area contributed by atoms with Gasteiger partial charge in [-0.3, -0.25) is 4.79 Å². The van der Waals surface area contributed by atoms with Crippen molar-refractivity contribution in [3.8, 4) is 0 Å². The first-order valence-corrected chi connectivity index (χ1v) is 9.70. The first-order chi connectivity index (χ1) is 14.3. The molecular weight excluding hydrogens is 397 g/mol. The fourth-order valence-electron chi connectivity index (χ4n) is 4.35. The lowest BCUT2D eigenvalue weighted by molar-refractivity contribution is -0.174. The zero-order valence-electron chi connectivity index (χ0n) is 16.1. The smallest absolute Gasteiger partial charge is 0.410 e. The predicted octanol–water partition coefficient (Wildman–Crippen LogP) is 4.73. The van der Waals surface area contributed by atoms with Crippen LogP contribution in [0.3, 0.4) is 0 Å². The highest BCUT2D eigenvalue weighted by molar-refractivity contribution is 6.07. The van der Waals surface area contributed by atoms with Gasteiger partial charge < -0.3 is 14.6 Å². The van der Waals surface area contributed by atoms with Crippen LogP contribution >= 0.6 is 0 Å². The zero-order valence-corrected chi connectivity index (χ0v) is 16.1. The molecule has 0 saturated heterocycles. The Bertz CT molecular complexity index is 1090. The third-order valence-electron chi connectivity index (χ3n) is 5.72. The van der Waals surface area contributed by atoms with Crippen LogP contribution in [0, 0.1) is 0 Å². The molecule has 6 nitrogen and oxygen atoms in total. The molecule has 30 heavy (non-hydrogen) atoms. The first kappa shape index (κ1) is 18.8. The van der Waals surface area contributed by atoms with Crippen molar-refractivity contribution >= 4 is 17.4 Å². The molecule has 3 aromatic rings. The summed E-state index contributed by atoms with van der Waals surface area (Å²) in [6.07, 6.45) is -2.67. The number of anilines is 2. The second-order valence-corrected chi connectivity index (χ2v) is 7.72. The molecule has 0 radical (unpaired) electrons. The Hall–Kier alpha value is -3.23. The molecule has 9 heteroatoms. The number of nitrogens with one attached hydrogen (secondary N) is 1. The SMILES string of the molecule is C[C@H]1Cc2ccccc2N1C(=O)c1cc2n(n1)[C@H](C(F)(F)F)C[C@H](c1ccco1)N2. The molecule has 2 aliphatic heterocycles. The summed E-state index contributed by atoms with van der Waals surface area (Å²) in [6.45, 7) is 1.91. The van der Waals surface area contributed by atoms with Crippen LogP contribution in [0.4, 0.5) is 24.7 Å². The summed E-state index contributed by atoms with van der Waals surface area (Å²) in [5.74, 6) is 0.145. The van der Waals surface area contributed by atoms with Gasteiger partial charge in [0.25, 0.3) is 5.91 Å². The van der Waals surface area contributed by atoms with E-state index in [1.165, 1.54) is 12.3 Å². The van der Waals surface area contributed by atoms with E-state index in [9.17, 15) is 18.0 Å². The van der Waals surface area contributed by atoms with Crippen LogP contribution in [0.5, 0.6) is 0 Å². The molecule has 0 spiro atoms. The Labute approximate surface area is 170 Å². The van der Waals surface area contributed by atoms with Crippen LogP contribution in [0.15, 0.2) is 53.1 Å². The Kier molecular flexibility index (Phi) is 4.16. The maximum atomic E-state index is 13.8. The van der Waals surface area contributed by atoms with Crippen LogP contribution < -0.4 is 10.2 Å². The van der Waals surface area contributed by atoms with E-state index in [4.69, 9.17) is 4.42 Å². The Morgan fingerprint density at radius 3 is 2.77 bits per heavy atom. The van der Waals surface area contributed by atoms with Crippen molar-refractivity contribution < 1.29 is 22.4 Å². The highest BCUT2D eigenvalue weighted by atomic mass is 19.4. The molecule has 1 aromatic carbocycles. The lowest BCUT2D eigenvalue weighted by Gasteiger charge is -2.32. The van der Waals surface area contributed by atoms with E-state index in [1.807, 2.05) is 31.2 Å². The number of fused-ring (bicyclic) bond motifs is 2. The summed E-state index contributed by atoms with van der Waals surface area (Å²) < 4.78 is 47.5. The van der Waals surface area contributed by atoms with Gasteiger partial charge in [-0.15, -0.1) is 0 Å². The van der Waals surface area contributed by atoms with E-state index in [1.54, 1.807) is 17.0 Å². The Morgan fingerprint density at radius 2 is 2.03 bits per heavy atom. The van der Waals surface area contributed by atoms with Crippen LogP contribution in [0.25, 0.3) is 0 Å². The molecule has 0 aliphatic carbocycles. The van der Waals surface area contributed by atoms with Gasteiger partial charge in [0.1, 0.15) is 11.6 Å². The third-order valence-corrected chi connectivity index (χ3v) is 5.72. The topological polar surface area (TPSA) is 63.3 Å². The molecular formula is C21H19F3N4O2. The summed E-state index contributed by atoms with van der Waals surface area (Å²) in [7, 11) is 0.